The molecule has 0 radical (unpaired) electrons. The summed E-state index contributed by atoms with van der Waals surface area (Å²) in [7, 11) is -3.73. The van der Waals surface area contributed by atoms with Crippen LogP contribution in [0.5, 0.6) is 5.75 Å². The van der Waals surface area contributed by atoms with Gasteiger partial charge in [-0.25, -0.2) is 17.5 Å². The molecule has 0 aromatic heterocycles. The lowest BCUT2D eigenvalue weighted by Crippen LogP contribution is -2.26. The van der Waals surface area contributed by atoms with Crippen LogP contribution in [-0.4, -0.2) is 27.7 Å². The van der Waals surface area contributed by atoms with Crippen LogP contribution in [0.15, 0.2) is 41.3 Å². The maximum absolute atomic E-state index is 13.7. The number of carbonyl (C=O) groups is 1. The summed E-state index contributed by atoms with van der Waals surface area (Å²) in [4.78, 5) is 11.1. The Kier molecular flexibility index (Phi) is 5.73. The average molecular weight is 394 g/mol. The highest BCUT2D eigenvalue weighted by atomic mass is 32.2. The molecular formula is C18H19FN2O5S. The highest BCUT2D eigenvalue weighted by Gasteiger charge is 2.18. The molecule has 1 amide bonds. The number of benzene rings is 2. The van der Waals surface area contributed by atoms with Gasteiger partial charge < -0.3 is 14.8 Å². The summed E-state index contributed by atoms with van der Waals surface area (Å²) in [6.45, 7) is 1.79. The van der Waals surface area contributed by atoms with Gasteiger partial charge in [0.2, 0.25) is 15.9 Å². The molecule has 0 aliphatic carbocycles. The summed E-state index contributed by atoms with van der Waals surface area (Å²) in [5.41, 5.74) is 1.69. The zero-order valence-corrected chi connectivity index (χ0v) is 15.4. The monoisotopic (exact) mass is 394 g/mol. The van der Waals surface area contributed by atoms with E-state index in [1.165, 1.54) is 43.3 Å². The van der Waals surface area contributed by atoms with Gasteiger partial charge in [0.05, 0.1) is 11.5 Å². The zero-order chi connectivity index (χ0) is 19.4. The number of ether oxygens (including phenoxy) is 2. The zero-order valence-electron chi connectivity index (χ0n) is 14.6. The van der Waals surface area contributed by atoms with Gasteiger partial charge in [-0.1, -0.05) is 0 Å². The van der Waals surface area contributed by atoms with Crippen LogP contribution in [-0.2, 0) is 32.6 Å². The van der Waals surface area contributed by atoms with Crippen molar-refractivity contribution in [1.82, 2.24) is 4.72 Å². The Balaban J connectivity index is 1.66. The average Bonchev–Trinajstić information content (AvgIpc) is 2.61. The molecule has 0 saturated heterocycles. The van der Waals surface area contributed by atoms with Crippen molar-refractivity contribution >= 4 is 21.6 Å². The Morgan fingerprint density at radius 1 is 1.22 bits per heavy atom. The molecule has 7 nitrogen and oxygen atoms in total. The summed E-state index contributed by atoms with van der Waals surface area (Å²) in [5, 5.41) is 2.57. The first-order valence-corrected chi connectivity index (χ1v) is 9.72. The molecule has 9 heteroatoms. The molecule has 2 aromatic carbocycles. The second kappa shape index (κ2) is 8.03. The van der Waals surface area contributed by atoms with Crippen molar-refractivity contribution in [2.75, 3.05) is 18.7 Å². The van der Waals surface area contributed by atoms with E-state index < -0.39 is 15.8 Å². The van der Waals surface area contributed by atoms with E-state index in [1.54, 1.807) is 0 Å². The van der Waals surface area contributed by atoms with Gasteiger partial charge in [0.25, 0.3) is 0 Å². The minimum atomic E-state index is -3.73. The highest BCUT2D eigenvalue weighted by Crippen LogP contribution is 2.29. The van der Waals surface area contributed by atoms with E-state index in [-0.39, 0.29) is 37.2 Å². The molecule has 0 spiro atoms. The van der Waals surface area contributed by atoms with Crippen molar-refractivity contribution in [3.05, 3.63) is 53.3 Å². The number of fused-ring (bicyclic) bond motifs is 1. The molecule has 1 aliphatic heterocycles. The molecule has 0 unspecified atom stereocenters. The third-order valence-electron chi connectivity index (χ3n) is 3.92. The fourth-order valence-corrected chi connectivity index (χ4v) is 3.80. The molecule has 2 aromatic rings. The minimum Gasteiger partial charge on any atom is -0.467 e. The molecule has 0 saturated carbocycles. The number of hydrogen-bond donors (Lipinski definition) is 2. The fourth-order valence-electron chi connectivity index (χ4n) is 2.77. The number of halogens is 1. The standard InChI is InChI=1S/C18H19FN2O5S/c1-12(22)21-16-2-4-17(5-3-16)27(23,24)20-7-6-13-8-15(19)9-14-10-25-11-26-18(13)14/h2-5,8-9,20H,6-7,10-11H2,1H3,(H,21,22). The third-order valence-corrected chi connectivity index (χ3v) is 5.40. The number of sulfonamides is 1. The number of amides is 1. The van der Waals surface area contributed by atoms with E-state index in [1.807, 2.05) is 0 Å². The van der Waals surface area contributed by atoms with Gasteiger partial charge in [-0.15, -0.1) is 0 Å². The Labute approximate surface area is 156 Å². The van der Waals surface area contributed by atoms with E-state index in [2.05, 4.69) is 10.0 Å². The van der Waals surface area contributed by atoms with E-state index >= 15 is 0 Å². The molecule has 0 atom stereocenters. The van der Waals surface area contributed by atoms with Crippen molar-refractivity contribution < 1.29 is 27.1 Å². The third kappa shape index (κ3) is 4.82. The highest BCUT2D eigenvalue weighted by molar-refractivity contribution is 7.89. The first-order chi connectivity index (χ1) is 12.8. The number of anilines is 1. The quantitative estimate of drug-likeness (QED) is 0.783. The fraction of sp³-hybridized carbons (Fsp3) is 0.278. The lowest BCUT2D eigenvalue weighted by Gasteiger charge is -2.21. The maximum Gasteiger partial charge on any atom is 0.240 e. The summed E-state index contributed by atoms with van der Waals surface area (Å²) >= 11 is 0. The number of nitrogens with one attached hydrogen (secondary N) is 2. The SMILES string of the molecule is CC(=O)Nc1ccc(S(=O)(=O)NCCc2cc(F)cc3c2OCOC3)cc1. The predicted molar refractivity (Wildman–Crippen MR) is 96.3 cm³/mol. The molecule has 2 N–H and O–H groups in total. The first kappa shape index (κ1) is 19.3. The largest absolute Gasteiger partial charge is 0.467 e. The van der Waals surface area contributed by atoms with Crippen LogP contribution >= 0.6 is 0 Å². The van der Waals surface area contributed by atoms with Crippen LogP contribution in [0.4, 0.5) is 10.1 Å². The first-order valence-electron chi connectivity index (χ1n) is 8.24. The van der Waals surface area contributed by atoms with E-state index in [0.717, 1.165) is 0 Å². The topological polar surface area (TPSA) is 93.7 Å². The molecule has 27 heavy (non-hydrogen) atoms. The van der Waals surface area contributed by atoms with Gasteiger partial charge >= 0.3 is 0 Å². The summed E-state index contributed by atoms with van der Waals surface area (Å²) in [6.07, 6.45) is 0.267. The molecular weight excluding hydrogens is 375 g/mol. The molecule has 0 fully saturated rings. The number of hydrogen-bond acceptors (Lipinski definition) is 5. The van der Waals surface area contributed by atoms with Crippen LogP contribution in [0, 0.1) is 5.82 Å². The van der Waals surface area contributed by atoms with Gasteiger partial charge in [0, 0.05) is 24.7 Å². The van der Waals surface area contributed by atoms with Gasteiger partial charge in [-0.3, -0.25) is 4.79 Å². The summed E-state index contributed by atoms with van der Waals surface area (Å²) in [6, 6.07) is 8.50. The number of carbonyl (C=O) groups excluding carboxylic acids is 1. The second-order valence-electron chi connectivity index (χ2n) is 6.02. The van der Waals surface area contributed by atoms with Gasteiger partial charge in [-0.2, -0.15) is 0 Å². The Morgan fingerprint density at radius 2 is 1.96 bits per heavy atom. The van der Waals surface area contributed by atoms with Crippen LogP contribution in [0.2, 0.25) is 0 Å². The van der Waals surface area contributed by atoms with Gasteiger partial charge in [0.1, 0.15) is 11.6 Å². The van der Waals surface area contributed by atoms with E-state index in [9.17, 15) is 17.6 Å². The Hall–Kier alpha value is -2.49. The van der Waals surface area contributed by atoms with Gasteiger partial charge in [0.15, 0.2) is 6.79 Å². The van der Waals surface area contributed by atoms with Crippen molar-refractivity contribution in [3.63, 3.8) is 0 Å². The van der Waals surface area contributed by atoms with Crippen molar-refractivity contribution in [2.45, 2.75) is 24.8 Å². The van der Waals surface area contributed by atoms with Crippen LogP contribution in [0.1, 0.15) is 18.1 Å². The van der Waals surface area contributed by atoms with E-state index in [0.29, 0.717) is 22.6 Å². The maximum atomic E-state index is 13.7. The second-order valence-corrected chi connectivity index (χ2v) is 7.78. The number of rotatable bonds is 6. The lowest BCUT2D eigenvalue weighted by atomic mass is 10.1. The Bertz CT molecular complexity index is 945. The molecule has 3 rings (SSSR count). The van der Waals surface area contributed by atoms with Crippen molar-refractivity contribution in [1.29, 1.82) is 0 Å². The molecule has 0 bridgehead atoms. The van der Waals surface area contributed by atoms with E-state index in [4.69, 9.17) is 9.47 Å². The smallest absolute Gasteiger partial charge is 0.240 e. The van der Waals surface area contributed by atoms with Crippen molar-refractivity contribution in [2.24, 2.45) is 0 Å². The predicted octanol–water partition coefficient (Wildman–Crippen LogP) is 2.17. The molecule has 1 heterocycles. The molecule has 1 aliphatic rings. The van der Waals surface area contributed by atoms with Crippen molar-refractivity contribution in [3.8, 4) is 5.75 Å². The van der Waals surface area contributed by atoms with Crippen LogP contribution in [0.3, 0.4) is 0 Å². The lowest BCUT2D eigenvalue weighted by molar-refractivity contribution is -0.114. The van der Waals surface area contributed by atoms with Gasteiger partial charge in [-0.05, 0) is 48.4 Å². The Morgan fingerprint density at radius 3 is 2.67 bits per heavy atom. The summed E-state index contributed by atoms with van der Waals surface area (Å²) in [5.74, 6) is -0.120. The minimum absolute atomic E-state index is 0.0718. The van der Waals surface area contributed by atoms with Crippen LogP contribution in [0.25, 0.3) is 0 Å². The molecule has 144 valence electrons. The summed E-state index contributed by atoms with van der Waals surface area (Å²) < 4.78 is 51.5. The van der Waals surface area contributed by atoms with Crippen LogP contribution < -0.4 is 14.8 Å². The normalized spacial score (nSPS) is 13.6.